The third kappa shape index (κ3) is 6.21. The molecule has 32 heavy (non-hydrogen) atoms. The van der Waals surface area contributed by atoms with Gasteiger partial charge >= 0.3 is 0 Å². The zero-order chi connectivity index (χ0) is 21.5. The van der Waals surface area contributed by atoms with Crippen molar-refractivity contribution in [1.82, 2.24) is 25.2 Å². The molecule has 2 N–H and O–H groups in total. The molecule has 4 rings (SSSR count). The van der Waals surface area contributed by atoms with E-state index in [4.69, 9.17) is 4.99 Å². The molecule has 7 nitrogen and oxygen atoms in total. The molecular weight excluding hydrogens is 513 g/mol. The first-order valence-corrected chi connectivity index (χ1v) is 11.1. The van der Waals surface area contributed by atoms with Crippen molar-refractivity contribution in [2.75, 3.05) is 24.5 Å². The molecule has 0 bridgehead atoms. The molecular formula is C24H32IN7. The van der Waals surface area contributed by atoms with Gasteiger partial charge in [-0.2, -0.15) is 0 Å². The summed E-state index contributed by atoms with van der Waals surface area (Å²) in [7, 11) is 0. The molecule has 8 heteroatoms. The Balaban J connectivity index is 0.00000289. The summed E-state index contributed by atoms with van der Waals surface area (Å²) in [6.45, 7) is 7.94. The van der Waals surface area contributed by atoms with Gasteiger partial charge in [0.2, 0.25) is 0 Å². The highest BCUT2D eigenvalue weighted by Crippen LogP contribution is 2.24. The normalized spacial score (nSPS) is 14.7. The molecule has 0 amide bonds. The molecule has 1 aliphatic rings. The molecule has 2 aromatic heterocycles. The Hall–Kier alpha value is -2.62. The number of benzene rings is 1. The number of anilines is 1. The van der Waals surface area contributed by atoms with Crippen LogP contribution >= 0.6 is 24.0 Å². The third-order valence-corrected chi connectivity index (χ3v) is 5.54. The number of pyridine rings is 1. The van der Waals surface area contributed by atoms with Gasteiger partial charge in [0.15, 0.2) is 5.96 Å². The highest BCUT2D eigenvalue weighted by Gasteiger charge is 2.14. The Morgan fingerprint density at radius 1 is 1.19 bits per heavy atom. The molecule has 0 aliphatic carbocycles. The quantitative estimate of drug-likeness (QED) is 0.263. The molecule has 0 saturated carbocycles. The first-order chi connectivity index (χ1) is 15.2. The van der Waals surface area contributed by atoms with Gasteiger partial charge in [-0.1, -0.05) is 18.2 Å². The van der Waals surface area contributed by atoms with Crippen molar-refractivity contribution < 1.29 is 0 Å². The maximum atomic E-state index is 4.77. The summed E-state index contributed by atoms with van der Waals surface area (Å²) in [5, 5.41) is 6.90. The number of halogens is 1. The van der Waals surface area contributed by atoms with E-state index >= 15 is 0 Å². The minimum absolute atomic E-state index is 0. The van der Waals surface area contributed by atoms with Gasteiger partial charge in [-0.05, 0) is 56.0 Å². The largest absolute Gasteiger partial charge is 0.372 e. The van der Waals surface area contributed by atoms with E-state index < -0.39 is 0 Å². The molecule has 0 spiro atoms. The lowest BCUT2D eigenvalue weighted by molar-refractivity contribution is 0.686. The third-order valence-electron chi connectivity index (χ3n) is 5.54. The van der Waals surface area contributed by atoms with Gasteiger partial charge in [0.25, 0.3) is 0 Å². The predicted molar refractivity (Wildman–Crippen MR) is 141 cm³/mol. The predicted octanol–water partition coefficient (Wildman–Crippen LogP) is 4.30. The molecule has 170 valence electrons. The van der Waals surface area contributed by atoms with E-state index in [0.29, 0.717) is 6.54 Å². The fraction of sp³-hybridized carbons (Fsp3) is 0.375. The fourth-order valence-electron chi connectivity index (χ4n) is 3.80. The van der Waals surface area contributed by atoms with Crippen LogP contribution in [0.1, 0.15) is 43.9 Å². The topological polar surface area (TPSA) is 70.4 Å². The molecule has 1 unspecified atom stereocenters. The van der Waals surface area contributed by atoms with Crippen LogP contribution in [0.4, 0.5) is 5.69 Å². The summed E-state index contributed by atoms with van der Waals surface area (Å²) in [4.78, 5) is 15.8. The number of aromatic nitrogens is 3. The van der Waals surface area contributed by atoms with Crippen molar-refractivity contribution in [3.63, 3.8) is 0 Å². The van der Waals surface area contributed by atoms with Crippen LogP contribution in [0.3, 0.4) is 0 Å². The second kappa shape index (κ2) is 11.8. The van der Waals surface area contributed by atoms with Crippen LogP contribution in [0.15, 0.2) is 66.3 Å². The molecule has 0 radical (unpaired) electrons. The first-order valence-electron chi connectivity index (χ1n) is 11.1. The number of nitrogens with zero attached hydrogens (tertiary/aromatic N) is 5. The van der Waals surface area contributed by atoms with Crippen LogP contribution in [-0.4, -0.2) is 40.1 Å². The Bertz CT molecular complexity index is 980. The minimum Gasteiger partial charge on any atom is -0.372 e. The molecule has 1 aromatic carbocycles. The van der Waals surface area contributed by atoms with Crippen LogP contribution in [0.5, 0.6) is 0 Å². The van der Waals surface area contributed by atoms with E-state index in [2.05, 4.69) is 69.7 Å². The summed E-state index contributed by atoms with van der Waals surface area (Å²) in [6.07, 6.45) is 9.81. The summed E-state index contributed by atoms with van der Waals surface area (Å²) in [5.41, 5.74) is 3.64. The molecule has 1 atom stereocenters. The van der Waals surface area contributed by atoms with Crippen molar-refractivity contribution in [2.24, 2.45) is 4.99 Å². The number of nitrogens with one attached hydrogen (secondary N) is 2. The fourth-order valence-corrected chi connectivity index (χ4v) is 3.80. The average Bonchev–Trinajstić information content (AvgIpc) is 3.53. The van der Waals surface area contributed by atoms with Gasteiger partial charge in [-0.15, -0.1) is 24.0 Å². The lowest BCUT2D eigenvalue weighted by atomic mass is 10.1. The van der Waals surface area contributed by atoms with Crippen LogP contribution in [0, 0.1) is 0 Å². The average molecular weight is 545 g/mol. The van der Waals surface area contributed by atoms with Gasteiger partial charge in [-0.3, -0.25) is 4.57 Å². The standard InChI is InChI=1S/C24H31N7.HI/c1-3-26-24(28-17-20-9-10-23(27-16-20)31-14-11-25-18-31)29-19(2)21-7-6-8-22(15-21)30-12-4-5-13-30;/h6-11,14-16,18-19H,3-5,12-13,17H2,1-2H3,(H2,26,28,29);1H. The lowest BCUT2D eigenvalue weighted by Crippen LogP contribution is -2.38. The number of hydrogen-bond acceptors (Lipinski definition) is 4. The summed E-state index contributed by atoms with van der Waals surface area (Å²) >= 11 is 0. The summed E-state index contributed by atoms with van der Waals surface area (Å²) in [6, 6.07) is 13.0. The highest BCUT2D eigenvalue weighted by molar-refractivity contribution is 14.0. The summed E-state index contributed by atoms with van der Waals surface area (Å²) < 4.78 is 1.89. The monoisotopic (exact) mass is 545 g/mol. The van der Waals surface area contributed by atoms with Gasteiger partial charge in [0.05, 0.1) is 12.6 Å². The minimum atomic E-state index is 0. The van der Waals surface area contributed by atoms with Crippen LogP contribution < -0.4 is 15.5 Å². The van der Waals surface area contributed by atoms with Crippen molar-refractivity contribution in [2.45, 2.75) is 39.3 Å². The van der Waals surface area contributed by atoms with Crippen LogP contribution in [0.25, 0.3) is 5.82 Å². The first kappa shape index (κ1) is 24.0. The van der Waals surface area contributed by atoms with Crippen LogP contribution in [-0.2, 0) is 6.54 Å². The van der Waals surface area contributed by atoms with E-state index in [1.807, 2.05) is 23.0 Å². The van der Waals surface area contributed by atoms with Crippen molar-refractivity contribution in [1.29, 1.82) is 0 Å². The Morgan fingerprint density at radius 3 is 2.72 bits per heavy atom. The number of aliphatic imine (C=N–C) groups is 1. The molecule has 3 aromatic rings. The van der Waals surface area contributed by atoms with Gasteiger partial charge < -0.3 is 15.5 Å². The van der Waals surface area contributed by atoms with E-state index in [0.717, 1.165) is 37.0 Å². The van der Waals surface area contributed by atoms with E-state index in [1.165, 1.54) is 24.1 Å². The molecule has 1 aliphatic heterocycles. The lowest BCUT2D eigenvalue weighted by Gasteiger charge is -2.22. The number of hydrogen-bond donors (Lipinski definition) is 2. The Morgan fingerprint density at radius 2 is 2.03 bits per heavy atom. The van der Waals surface area contributed by atoms with Gasteiger partial charge in [-0.25, -0.2) is 15.0 Å². The smallest absolute Gasteiger partial charge is 0.192 e. The number of imidazole rings is 1. The molecule has 1 fully saturated rings. The Kier molecular flexibility index (Phi) is 8.90. The SMILES string of the molecule is CCNC(=NCc1ccc(-n2ccnc2)nc1)NC(C)c1cccc(N2CCCC2)c1.I. The van der Waals surface area contributed by atoms with E-state index in [9.17, 15) is 0 Å². The van der Waals surface area contributed by atoms with Gasteiger partial charge in [0.1, 0.15) is 12.1 Å². The summed E-state index contributed by atoms with van der Waals surface area (Å²) in [5.74, 6) is 1.65. The van der Waals surface area contributed by atoms with E-state index in [1.54, 1.807) is 12.5 Å². The van der Waals surface area contributed by atoms with Crippen LogP contribution in [0.2, 0.25) is 0 Å². The zero-order valence-electron chi connectivity index (χ0n) is 18.7. The number of guanidine groups is 1. The Labute approximate surface area is 207 Å². The maximum absolute atomic E-state index is 4.77. The highest BCUT2D eigenvalue weighted by atomic mass is 127. The van der Waals surface area contributed by atoms with Crippen molar-refractivity contribution in [3.8, 4) is 5.82 Å². The zero-order valence-corrected chi connectivity index (χ0v) is 21.1. The van der Waals surface area contributed by atoms with Crippen molar-refractivity contribution in [3.05, 3.63) is 72.4 Å². The maximum Gasteiger partial charge on any atom is 0.192 e. The van der Waals surface area contributed by atoms with E-state index in [-0.39, 0.29) is 30.0 Å². The molecule has 1 saturated heterocycles. The van der Waals surface area contributed by atoms with Crippen molar-refractivity contribution >= 4 is 35.6 Å². The number of rotatable bonds is 7. The second-order valence-electron chi connectivity index (χ2n) is 7.84. The molecule has 3 heterocycles. The second-order valence-corrected chi connectivity index (χ2v) is 7.84. The van der Waals surface area contributed by atoms with Gasteiger partial charge in [0, 0.05) is 43.9 Å².